The molecular formula is C6H15N2O3P. The molecule has 1 rings (SSSR count). The Kier molecular flexibility index (Phi) is 6.02. The van der Waals surface area contributed by atoms with Crippen molar-refractivity contribution in [3.63, 3.8) is 0 Å². The summed E-state index contributed by atoms with van der Waals surface area (Å²) < 4.78 is 0. The predicted molar refractivity (Wildman–Crippen MR) is 47.7 cm³/mol. The summed E-state index contributed by atoms with van der Waals surface area (Å²) in [5.74, 6) is 0. The summed E-state index contributed by atoms with van der Waals surface area (Å²) in [6, 6.07) is 0. The SMILES string of the molecule is CCN1C=CN(C)C1.OP(O)O. The maximum Gasteiger partial charge on any atom is 0.324 e. The number of hydrogen-bond donors (Lipinski definition) is 3. The molecule has 12 heavy (non-hydrogen) atoms. The van der Waals surface area contributed by atoms with E-state index in [1.54, 1.807) is 0 Å². The average molecular weight is 194 g/mol. The van der Waals surface area contributed by atoms with Gasteiger partial charge in [-0.3, -0.25) is 0 Å². The zero-order chi connectivity index (χ0) is 9.56. The highest BCUT2D eigenvalue weighted by atomic mass is 31.2. The van der Waals surface area contributed by atoms with E-state index >= 15 is 0 Å². The van der Waals surface area contributed by atoms with Gasteiger partial charge in [0, 0.05) is 26.0 Å². The van der Waals surface area contributed by atoms with E-state index in [1.807, 2.05) is 0 Å². The van der Waals surface area contributed by atoms with Crippen molar-refractivity contribution in [3.8, 4) is 0 Å². The first kappa shape index (κ1) is 11.6. The van der Waals surface area contributed by atoms with Crippen LogP contribution in [0.15, 0.2) is 12.4 Å². The number of rotatable bonds is 1. The number of nitrogens with zero attached hydrogens (tertiary/aromatic N) is 2. The van der Waals surface area contributed by atoms with E-state index in [0.29, 0.717) is 0 Å². The zero-order valence-corrected chi connectivity index (χ0v) is 8.15. The van der Waals surface area contributed by atoms with Gasteiger partial charge in [-0.25, -0.2) is 0 Å². The average Bonchev–Trinajstić information content (AvgIpc) is 2.34. The lowest BCUT2D eigenvalue weighted by atomic mass is 10.6. The molecule has 0 atom stereocenters. The van der Waals surface area contributed by atoms with Crippen LogP contribution in [0.1, 0.15) is 6.92 Å². The highest BCUT2D eigenvalue weighted by Gasteiger charge is 2.03. The summed E-state index contributed by atoms with van der Waals surface area (Å²) >= 11 is 0. The Morgan fingerprint density at radius 1 is 1.33 bits per heavy atom. The molecule has 1 heterocycles. The van der Waals surface area contributed by atoms with Crippen molar-refractivity contribution in [3.05, 3.63) is 12.4 Å². The minimum atomic E-state index is -2.62. The standard InChI is InChI=1S/C6H12N2.H3O3P/c1-3-8-5-4-7(2)6-8;1-4(2)3/h4-5H,3,6H2,1-2H3;1-3H. The third-order valence-electron chi connectivity index (χ3n) is 1.34. The monoisotopic (exact) mass is 194 g/mol. The molecule has 0 spiro atoms. The van der Waals surface area contributed by atoms with Crippen molar-refractivity contribution < 1.29 is 14.7 Å². The van der Waals surface area contributed by atoms with E-state index in [9.17, 15) is 0 Å². The van der Waals surface area contributed by atoms with E-state index in [0.717, 1.165) is 13.2 Å². The summed E-state index contributed by atoms with van der Waals surface area (Å²) in [6.07, 6.45) is 4.20. The van der Waals surface area contributed by atoms with Gasteiger partial charge in [0.1, 0.15) is 0 Å². The van der Waals surface area contributed by atoms with Crippen LogP contribution in [0.25, 0.3) is 0 Å². The van der Waals surface area contributed by atoms with Crippen molar-refractivity contribution in [1.82, 2.24) is 9.80 Å². The Hall–Kier alpha value is -0.350. The molecule has 0 amide bonds. The van der Waals surface area contributed by atoms with Crippen LogP contribution >= 0.6 is 8.60 Å². The molecular weight excluding hydrogens is 179 g/mol. The molecule has 0 saturated carbocycles. The second kappa shape index (κ2) is 6.20. The maximum atomic E-state index is 7.23. The minimum absolute atomic E-state index is 1.05. The van der Waals surface area contributed by atoms with Crippen molar-refractivity contribution in [1.29, 1.82) is 0 Å². The Morgan fingerprint density at radius 2 is 1.83 bits per heavy atom. The Labute approximate surface area is 73.5 Å². The van der Waals surface area contributed by atoms with Gasteiger partial charge >= 0.3 is 8.60 Å². The quantitative estimate of drug-likeness (QED) is 0.507. The summed E-state index contributed by atoms with van der Waals surface area (Å²) in [6.45, 7) is 4.32. The molecule has 1 aliphatic heterocycles. The highest BCUT2D eigenvalue weighted by molar-refractivity contribution is 7.38. The third kappa shape index (κ3) is 6.37. The molecule has 5 nitrogen and oxygen atoms in total. The Morgan fingerprint density at radius 3 is 2.00 bits per heavy atom. The molecule has 0 unspecified atom stereocenters. The largest absolute Gasteiger partial charge is 0.362 e. The van der Waals surface area contributed by atoms with Gasteiger partial charge in [-0.15, -0.1) is 0 Å². The molecule has 1 aliphatic rings. The van der Waals surface area contributed by atoms with E-state index < -0.39 is 8.60 Å². The molecule has 3 N–H and O–H groups in total. The fourth-order valence-electron chi connectivity index (χ4n) is 0.794. The summed E-state index contributed by atoms with van der Waals surface area (Å²) in [5, 5.41) is 0. The smallest absolute Gasteiger partial charge is 0.324 e. The van der Waals surface area contributed by atoms with Gasteiger partial charge in [0.05, 0.1) is 6.67 Å². The van der Waals surface area contributed by atoms with E-state index in [-0.39, 0.29) is 0 Å². The van der Waals surface area contributed by atoms with Gasteiger partial charge in [-0.05, 0) is 6.92 Å². The molecule has 0 bridgehead atoms. The summed E-state index contributed by atoms with van der Waals surface area (Å²) in [4.78, 5) is 26.1. The maximum absolute atomic E-state index is 7.23. The second-order valence-corrected chi connectivity index (χ2v) is 2.91. The summed E-state index contributed by atoms with van der Waals surface area (Å²) in [5.41, 5.74) is 0. The van der Waals surface area contributed by atoms with Crippen LogP contribution in [-0.4, -0.2) is 44.7 Å². The lowest BCUT2D eigenvalue weighted by Gasteiger charge is -2.14. The normalized spacial score (nSPS) is 15.2. The zero-order valence-electron chi connectivity index (χ0n) is 7.25. The lowest BCUT2D eigenvalue weighted by Crippen LogP contribution is -2.21. The van der Waals surface area contributed by atoms with E-state index in [1.165, 1.54) is 0 Å². The van der Waals surface area contributed by atoms with Crippen LogP contribution in [0.2, 0.25) is 0 Å². The van der Waals surface area contributed by atoms with Crippen LogP contribution < -0.4 is 0 Å². The molecule has 0 aromatic rings. The van der Waals surface area contributed by atoms with Gasteiger partial charge in [0.25, 0.3) is 0 Å². The highest BCUT2D eigenvalue weighted by Crippen LogP contribution is 2.11. The van der Waals surface area contributed by atoms with E-state index in [4.69, 9.17) is 14.7 Å². The molecule has 0 aliphatic carbocycles. The Bertz CT molecular complexity index is 140. The topological polar surface area (TPSA) is 67.2 Å². The molecule has 0 aromatic carbocycles. The fourth-order valence-corrected chi connectivity index (χ4v) is 0.794. The molecule has 72 valence electrons. The van der Waals surface area contributed by atoms with Gasteiger partial charge < -0.3 is 24.5 Å². The van der Waals surface area contributed by atoms with Crippen molar-refractivity contribution >= 4 is 8.60 Å². The second-order valence-electron chi connectivity index (χ2n) is 2.37. The first-order valence-electron chi connectivity index (χ1n) is 3.55. The molecule has 0 aromatic heterocycles. The predicted octanol–water partition coefficient (Wildman–Crippen LogP) is -0.127. The fraction of sp³-hybridized carbons (Fsp3) is 0.667. The molecule has 0 saturated heterocycles. The Balaban J connectivity index is 0.000000261. The van der Waals surface area contributed by atoms with E-state index in [2.05, 4.69) is 36.2 Å². The minimum Gasteiger partial charge on any atom is -0.362 e. The van der Waals surface area contributed by atoms with Crippen LogP contribution in [0, 0.1) is 0 Å². The first-order valence-corrected chi connectivity index (χ1v) is 4.75. The molecule has 0 fully saturated rings. The first-order chi connectivity index (χ1) is 5.56. The van der Waals surface area contributed by atoms with Crippen LogP contribution in [0.4, 0.5) is 0 Å². The summed E-state index contributed by atoms with van der Waals surface area (Å²) in [7, 11) is -0.545. The van der Waals surface area contributed by atoms with Crippen molar-refractivity contribution in [2.75, 3.05) is 20.3 Å². The van der Waals surface area contributed by atoms with Crippen molar-refractivity contribution in [2.45, 2.75) is 6.92 Å². The van der Waals surface area contributed by atoms with Crippen LogP contribution in [-0.2, 0) is 0 Å². The van der Waals surface area contributed by atoms with Gasteiger partial charge in [-0.1, -0.05) is 0 Å². The van der Waals surface area contributed by atoms with Crippen molar-refractivity contribution in [2.24, 2.45) is 0 Å². The lowest BCUT2D eigenvalue weighted by molar-refractivity contribution is 0.308. The van der Waals surface area contributed by atoms with Crippen LogP contribution in [0.3, 0.4) is 0 Å². The van der Waals surface area contributed by atoms with Gasteiger partial charge in [-0.2, -0.15) is 0 Å². The molecule has 0 radical (unpaired) electrons. The number of hydrogen-bond acceptors (Lipinski definition) is 5. The molecule has 6 heteroatoms. The van der Waals surface area contributed by atoms with Crippen LogP contribution in [0.5, 0.6) is 0 Å². The third-order valence-corrected chi connectivity index (χ3v) is 1.34. The van der Waals surface area contributed by atoms with Gasteiger partial charge in [0.15, 0.2) is 0 Å². The van der Waals surface area contributed by atoms with Gasteiger partial charge in [0.2, 0.25) is 0 Å².